The number of aromatic nitrogens is 6. The Hall–Kier alpha value is -3.85. The number of hydrogen-bond donors (Lipinski definition) is 1. The molecular weight excluding hydrogens is 382 g/mol. The van der Waals surface area contributed by atoms with Crippen molar-refractivity contribution in [3.63, 3.8) is 0 Å². The number of H-pyrrole nitrogens is 1. The molecule has 0 saturated carbocycles. The van der Waals surface area contributed by atoms with E-state index in [0.29, 0.717) is 46.8 Å². The lowest BCUT2D eigenvalue weighted by Crippen LogP contribution is -2.24. The minimum atomic E-state index is -0.155. The molecule has 5 aromatic rings. The molecule has 0 aliphatic heterocycles. The van der Waals surface area contributed by atoms with Crippen molar-refractivity contribution < 1.29 is 0 Å². The fraction of sp³-hybridized carbons (Fsp3) is 0.190. The summed E-state index contributed by atoms with van der Waals surface area (Å²) in [5, 5.41) is 9.71. The van der Waals surface area contributed by atoms with Gasteiger partial charge in [-0.1, -0.05) is 24.3 Å². The smallest absolute Gasteiger partial charge is 0.262 e. The van der Waals surface area contributed by atoms with Crippen LogP contribution < -0.4 is 11.1 Å². The summed E-state index contributed by atoms with van der Waals surface area (Å²) in [6.07, 6.45) is 0. The van der Waals surface area contributed by atoms with Crippen molar-refractivity contribution in [1.29, 1.82) is 0 Å². The van der Waals surface area contributed by atoms with Crippen molar-refractivity contribution >= 4 is 27.6 Å². The number of para-hydroxylation sites is 2. The highest BCUT2D eigenvalue weighted by Gasteiger charge is 2.16. The molecule has 30 heavy (non-hydrogen) atoms. The Morgan fingerprint density at radius 1 is 0.967 bits per heavy atom. The van der Waals surface area contributed by atoms with Crippen molar-refractivity contribution in [2.45, 2.75) is 13.1 Å². The predicted molar refractivity (Wildman–Crippen MR) is 113 cm³/mol. The Kier molecular flexibility index (Phi) is 4.18. The maximum Gasteiger partial charge on any atom is 0.262 e. The first-order chi connectivity index (χ1) is 14.5. The monoisotopic (exact) mass is 401 g/mol. The second-order valence-electron chi connectivity index (χ2n) is 7.34. The summed E-state index contributed by atoms with van der Waals surface area (Å²) >= 11 is 0. The van der Waals surface area contributed by atoms with Crippen molar-refractivity contribution in [3.8, 4) is 0 Å². The highest BCUT2D eigenvalue weighted by atomic mass is 16.1. The maximum absolute atomic E-state index is 12.6. The number of nitrogens with zero attached hydrogens (tertiary/aromatic N) is 6. The largest absolute Gasteiger partial charge is 0.309 e. The van der Waals surface area contributed by atoms with Crippen LogP contribution in [0.5, 0.6) is 0 Å². The quantitative estimate of drug-likeness (QED) is 0.489. The van der Waals surface area contributed by atoms with Crippen LogP contribution in [0.4, 0.5) is 0 Å². The van der Waals surface area contributed by atoms with E-state index < -0.39 is 0 Å². The first-order valence-electron chi connectivity index (χ1n) is 9.51. The first-order valence-corrected chi connectivity index (χ1v) is 9.51. The second kappa shape index (κ2) is 6.89. The van der Waals surface area contributed by atoms with E-state index in [-0.39, 0.29) is 11.1 Å². The summed E-state index contributed by atoms with van der Waals surface area (Å²) in [6.45, 7) is 0.887. The van der Waals surface area contributed by atoms with Gasteiger partial charge in [-0.15, -0.1) is 10.2 Å². The molecular formula is C21H19N7O2. The molecule has 0 saturated heterocycles. The van der Waals surface area contributed by atoms with Crippen LogP contribution in [0.3, 0.4) is 0 Å². The van der Waals surface area contributed by atoms with Crippen LogP contribution >= 0.6 is 0 Å². The van der Waals surface area contributed by atoms with E-state index >= 15 is 0 Å². The predicted octanol–water partition coefficient (Wildman–Crippen LogP) is 1.45. The molecule has 150 valence electrons. The Morgan fingerprint density at radius 3 is 2.53 bits per heavy atom. The van der Waals surface area contributed by atoms with Gasteiger partial charge in [0.2, 0.25) is 5.78 Å². The third-order valence-corrected chi connectivity index (χ3v) is 5.19. The number of rotatable bonds is 4. The molecule has 1 N–H and O–H groups in total. The molecule has 0 atom stereocenters. The first kappa shape index (κ1) is 18.2. The average Bonchev–Trinajstić information content (AvgIpc) is 3.15. The third-order valence-electron chi connectivity index (χ3n) is 5.19. The molecule has 0 amide bonds. The molecule has 9 heteroatoms. The van der Waals surface area contributed by atoms with Gasteiger partial charge in [-0.05, 0) is 31.3 Å². The zero-order valence-corrected chi connectivity index (χ0v) is 16.5. The number of aryl methyl sites for hydroxylation is 1. The molecule has 0 bridgehead atoms. The highest BCUT2D eigenvalue weighted by Crippen LogP contribution is 2.15. The van der Waals surface area contributed by atoms with Crippen LogP contribution in [0.2, 0.25) is 0 Å². The zero-order valence-electron chi connectivity index (χ0n) is 16.5. The van der Waals surface area contributed by atoms with Gasteiger partial charge in [0.15, 0.2) is 5.82 Å². The lowest BCUT2D eigenvalue weighted by molar-refractivity contribution is 0.302. The molecule has 0 aliphatic rings. The molecule has 0 spiro atoms. The second-order valence-corrected chi connectivity index (χ2v) is 7.34. The number of hydrogen-bond acceptors (Lipinski definition) is 6. The van der Waals surface area contributed by atoms with Gasteiger partial charge in [-0.2, -0.15) is 0 Å². The van der Waals surface area contributed by atoms with Crippen LogP contribution in [0.15, 0.2) is 58.1 Å². The van der Waals surface area contributed by atoms with Crippen molar-refractivity contribution in [2.24, 2.45) is 7.05 Å². The number of benzene rings is 2. The van der Waals surface area contributed by atoms with Crippen LogP contribution in [-0.2, 0) is 20.1 Å². The van der Waals surface area contributed by atoms with Gasteiger partial charge < -0.3 is 4.98 Å². The molecule has 3 heterocycles. The van der Waals surface area contributed by atoms with Crippen molar-refractivity contribution in [3.05, 3.63) is 80.9 Å². The van der Waals surface area contributed by atoms with Gasteiger partial charge in [-0.25, -0.2) is 4.98 Å². The summed E-state index contributed by atoms with van der Waals surface area (Å²) in [5.74, 6) is 1.76. The summed E-state index contributed by atoms with van der Waals surface area (Å²) in [5.41, 5.74) is 1.17. The fourth-order valence-electron chi connectivity index (χ4n) is 3.76. The number of aromatic amines is 1. The van der Waals surface area contributed by atoms with E-state index in [1.165, 1.54) is 4.57 Å². The molecule has 2 aromatic carbocycles. The normalized spacial score (nSPS) is 11.8. The minimum absolute atomic E-state index is 0.108. The Labute approximate surface area is 170 Å². The van der Waals surface area contributed by atoms with Gasteiger partial charge in [-0.3, -0.25) is 23.5 Å². The van der Waals surface area contributed by atoms with E-state index in [1.807, 2.05) is 52.7 Å². The molecule has 0 unspecified atom stereocenters. The molecule has 9 nitrogen and oxygen atoms in total. The van der Waals surface area contributed by atoms with Gasteiger partial charge in [0.1, 0.15) is 5.82 Å². The summed E-state index contributed by atoms with van der Waals surface area (Å²) in [4.78, 5) is 34.3. The summed E-state index contributed by atoms with van der Waals surface area (Å²) < 4.78 is 3.39. The standard InChI is InChI=1S/C21H19N7O2/c1-26(11-17-22-15-9-5-3-7-13(15)19(29)23-17)12-18-24-25-21-27(2)20(30)14-8-4-6-10-16(14)28(18)21/h3-10H,11-12H2,1-2H3,(H,22,23,29). The van der Waals surface area contributed by atoms with E-state index in [0.717, 1.165) is 5.52 Å². The third kappa shape index (κ3) is 2.87. The Morgan fingerprint density at radius 2 is 1.70 bits per heavy atom. The van der Waals surface area contributed by atoms with Crippen molar-refractivity contribution in [1.82, 2.24) is 34.0 Å². The molecule has 0 radical (unpaired) electrons. The zero-order chi connectivity index (χ0) is 20.8. The van der Waals surface area contributed by atoms with Gasteiger partial charge in [0.05, 0.1) is 34.9 Å². The number of nitrogens with one attached hydrogen (secondary N) is 1. The molecule has 5 rings (SSSR count). The van der Waals surface area contributed by atoms with Crippen LogP contribution in [0.1, 0.15) is 11.6 Å². The topological polar surface area (TPSA) is 101 Å². The van der Waals surface area contributed by atoms with E-state index in [1.54, 1.807) is 19.2 Å². The molecule has 0 fully saturated rings. The maximum atomic E-state index is 12.6. The average molecular weight is 401 g/mol. The Balaban J connectivity index is 1.52. The van der Waals surface area contributed by atoms with Crippen LogP contribution in [0.25, 0.3) is 27.6 Å². The van der Waals surface area contributed by atoms with Crippen molar-refractivity contribution in [2.75, 3.05) is 7.05 Å². The summed E-state index contributed by atoms with van der Waals surface area (Å²) in [6, 6.07) is 14.7. The van der Waals surface area contributed by atoms with E-state index in [4.69, 9.17) is 0 Å². The molecule has 3 aromatic heterocycles. The molecule has 0 aliphatic carbocycles. The van der Waals surface area contributed by atoms with Crippen LogP contribution in [-0.4, -0.2) is 41.1 Å². The van der Waals surface area contributed by atoms with E-state index in [2.05, 4.69) is 20.2 Å². The lowest BCUT2D eigenvalue weighted by Gasteiger charge is -2.16. The van der Waals surface area contributed by atoms with Gasteiger partial charge >= 0.3 is 0 Å². The fourth-order valence-corrected chi connectivity index (χ4v) is 3.76. The minimum Gasteiger partial charge on any atom is -0.309 e. The van der Waals surface area contributed by atoms with Crippen LogP contribution in [0, 0.1) is 0 Å². The lowest BCUT2D eigenvalue weighted by atomic mass is 10.2. The SMILES string of the molecule is CN(Cc1nc2ccccc2c(=O)[nH]1)Cc1nnc2n(C)c(=O)c3ccccc3n12. The van der Waals surface area contributed by atoms with E-state index in [9.17, 15) is 9.59 Å². The van der Waals surface area contributed by atoms with Gasteiger partial charge in [0, 0.05) is 7.05 Å². The van der Waals surface area contributed by atoms with Gasteiger partial charge in [0.25, 0.3) is 11.1 Å². The highest BCUT2D eigenvalue weighted by molar-refractivity contribution is 5.80. The Bertz CT molecular complexity index is 1530. The summed E-state index contributed by atoms with van der Waals surface area (Å²) in [7, 11) is 3.61. The number of fused-ring (bicyclic) bond motifs is 4.